The van der Waals surface area contributed by atoms with Gasteiger partial charge in [-0.05, 0) is 68.9 Å². The van der Waals surface area contributed by atoms with Crippen molar-refractivity contribution >= 4 is 45.0 Å². The first-order valence-corrected chi connectivity index (χ1v) is 15.1. The number of aromatic nitrogens is 1. The molecule has 0 radical (unpaired) electrons. The van der Waals surface area contributed by atoms with Crippen LogP contribution in [0, 0.1) is 13.8 Å². The third-order valence-electron chi connectivity index (χ3n) is 7.93. The molecule has 1 N–H and O–H groups in total. The number of hydrogen-bond acceptors (Lipinski definition) is 3. The molecule has 0 atom stereocenters. The predicted octanol–water partition coefficient (Wildman–Crippen LogP) is 9.03. The summed E-state index contributed by atoms with van der Waals surface area (Å²) in [6.45, 7) is 5.12. The van der Waals surface area contributed by atoms with Gasteiger partial charge in [0.15, 0.2) is 0 Å². The maximum Gasteiger partial charge on any atom is 0.259 e. The van der Waals surface area contributed by atoms with E-state index in [1.165, 1.54) is 57.4 Å². The van der Waals surface area contributed by atoms with Crippen molar-refractivity contribution in [2.45, 2.75) is 58.9 Å². The van der Waals surface area contributed by atoms with Crippen LogP contribution in [-0.4, -0.2) is 16.7 Å². The van der Waals surface area contributed by atoms with Gasteiger partial charge in [-0.1, -0.05) is 79.1 Å². The Bertz CT molecular complexity index is 1690. The molecule has 3 aromatic carbocycles. The first-order valence-electron chi connectivity index (χ1n) is 14.3. The molecular weight excluding hydrogens is 510 g/mol. The van der Waals surface area contributed by atoms with E-state index < -0.39 is 0 Å². The number of rotatable bonds is 6. The fourth-order valence-corrected chi connectivity index (χ4v) is 7.12. The van der Waals surface area contributed by atoms with Gasteiger partial charge in [-0.25, -0.2) is 4.99 Å². The summed E-state index contributed by atoms with van der Waals surface area (Å²) < 4.78 is 2.38. The summed E-state index contributed by atoms with van der Waals surface area (Å²) in [5, 5.41) is 5.13. The van der Waals surface area contributed by atoms with Crippen LogP contribution in [0.2, 0.25) is 0 Å². The Kier molecular flexibility index (Phi) is 7.65. The number of aryl methyl sites for hydroxylation is 2. The number of fused-ring (bicyclic) bond motifs is 2. The molecule has 2 heterocycles. The van der Waals surface area contributed by atoms with Crippen LogP contribution in [0.15, 0.2) is 83.9 Å². The summed E-state index contributed by atoms with van der Waals surface area (Å²) >= 11 is 1.70. The second kappa shape index (κ2) is 11.6. The summed E-state index contributed by atoms with van der Waals surface area (Å²) in [5.74, 6) is -0.0602. The first-order chi connectivity index (χ1) is 19.6. The van der Waals surface area contributed by atoms with Gasteiger partial charge < -0.3 is 9.88 Å². The van der Waals surface area contributed by atoms with Gasteiger partial charge in [0.05, 0.1) is 5.56 Å². The van der Waals surface area contributed by atoms with Crippen molar-refractivity contribution in [3.63, 3.8) is 0 Å². The quantitative estimate of drug-likeness (QED) is 0.213. The first kappa shape index (κ1) is 26.3. The smallest absolute Gasteiger partial charge is 0.259 e. The molecule has 0 saturated heterocycles. The van der Waals surface area contributed by atoms with Crippen LogP contribution in [0.25, 0.3) is 10.9 Å². The second-order valence-corrected chi connectivity index (χ2v) is 11.9. The van der Waals surface area contributed by atoms with E-state index in [2.05, 4.69) is 72.3 Å². The number of hydrogen-bond donors (Lipinski definition) is 1. The lowest BCUT2D eigenvalue weighted by molar-refractivity contribution is 0.102. The van der Waals surface area contributed by atoms with E-state index in [1.54, 1.807) is 11.3 Å². The van der Waals surface area contributed by atoms with E-state index >= 15 is 0 Å². The van der Waals surface area contributed by atoms with E-state index in [4.69, 9.17) is 4.99 Å². The molecular formula is C35H35N3OS. The molecule has 5 aromatic rings. The zero-order valence-electron chi connectivity index (χ0n) is 23.2. The maximum absolute atomic E-state index is 13.7. The number of thiophene rings is 1. The topological polar surface area (TPSA) is 46.4 Å². The highest BCUT2D eigenvalue weighted by Crippen LogP contribution is 2.39. The van der Waals surface area contributed by atoms with Crippen molar-refractivity contribution in [3.05, 3.63) is 117 Å². The van der Waals surface area contributed by atoms with Crippen LogP contribution in [0.4, 0.5) is 10.7 Å². The van der Waals surface area contributed by atoms with Crippen molar-refractivity contribution in [2.75, 3.05) is 5.32 Å². The highest BCUT2D eigenvalue weighted by atomic mass is 32.1. The lowest BCUT2D eigenvalue weighted by Gasteiger charge is -2.12. The lowest BCUT2D eigenvalue weighted by atomic mass is 9.96. The number of amides is 1. The van der Waals surface area contributed by atoms with Crippen LogP contribution < -0.4 is 5.32 Å². The minimum Gasteiger partial charge on any atom is -0.340 e. The molecule has 40 heavy (non-hydrogen) atoms. The average molecular weight is 546 g/mol. The van der Waals surface area contributed by atoms with Crippen molar-refractivity contribution in [1.29, 1.82) is 0 Å². The Hall–Kier alpha value is -3.96. The molecule has 1 aliphatic carbocycles. The number of benzene rings is 3. The number of aliphatic imine (C=N–C) groups is 1. The monoisotopic (exact) mass is 545 g/mol. The Labute approximate surface area is 240 Å². The van der Waals surface area contributed by atoms with Crippen LogP contribution >= 0.6 is 11.3 Å². The molecule has 0 saturated carbocycles. The van der Waals surface area contributed by atoms with Gasteiger partial charge in [-0.3, -0.25) is 4.79 Å². The Morgan fingerprint density at radius 1 is 0.925 bits per heavy atom. The summed E-state index contributed by atoms with van der Waals surface area (Å²) in [7, 11) is 0. The van der Waals surface area contributed by atoms with Gasteiger partial charge in [-0.2, -0.15) is 0 Å². The minimum atomic E-state index is -0.0602. The molecule has 0 unspecified atom stereocenters. The highest BCUT2D eigenvalue weighted by Gasteiger charge is 2.24. The van der Waals surface area contributed by atoms with Crippen LogP contribution in [0.3, 0.4) is 0 Å². The van der Waals surface area contributed by atoms with Gasteiger partial charge in [0, 0.05) is 45.5 Å². The summed E-state index contributed by atoms with van der Waals surface area (Å²) in [4.78, 5) is 20.1. The van der Waals surface area contributed by atoms with Crippen molar-refractivity contribution in [1.82, 2.24) is 4.57 Å². The molecule has 0 aliphatic heterocycles. The van der Waals surface area contributed by atoms with Gasteiger partial charge >= 0.3 is 0 Å². The number of nitrogens with one attached hydrogen (secondary N) is 1. The second-order valence-electron chi connectivity index (χ2n) is 10.8. The van der Waals surface area contributed by atoms with Crippen LogP contribution in [-0.2, 0) is 19.4 Å². The number of nitrogens with zero attached hydrogens (tertiary/aromatic N) is 2. The SMILES string of the molecule is Cc1cccc(Cn2c(C)c(C=Nc3sc4c(c3C(=O)Nc3ccccc3)CCCCCC4)c3ccccc32)c1. The molecule has 1 amide bonds. The minimum absolute atomic E-state index is 0.0602. The Balaban J connectivity index is 1.41. The molecule has 5 heteroatoms. The van der Waals surface area contributed by atoms with Gasteiger partial charge in [0.1, 0.15) is 5.00 Å². The highest BCUT2D eigenvalue weighted by molar-refractivity contribution is 7.16. The largest absolute Gasteiger partial charge is 0.340 e. The average Bonchev–Trinajstić information content (AvgIpc) is 3.41. The van der Waals surface area contributed by atoms with Crippen molar-refractivity contribution in [3.8, 4) is 0 Å². The molecule has 6 rings (SSSR count). The number of carbonyl (C=O) groups excluding carboxylic acids is 1. The van der Waals surface area contributed by atoms with E-state index in [0.29, 0.717) is 0 Å². The molecule has 202 valence electrons. The van der Waals surface area contributed by atoms with Crippen LogP contribution in [0.5, 0.6) is 0 Å². The Morgan fingerprint density at radius 2 is 1.70 bits per heavy atom. The number of carbonyl (C=O) groups is 1. The van der Waals surface area contributed by atoms with E-state index in [-0.39, 0.29) is 5.91 Å². The van der Waals surface area contributed by atoms with Gasteiger partial charge in [-0.15, -0.1) is 11.3 Å². The van der Waals surface area contributed by atoms with Gasteiger partial charge in [0.2, 0.25) is 0 Å². The van der Waals surface area contributed by atoms with E-state index in [9.17, 15) is 4.79 Å². The molecule has 2 aromatic heterocycles. The summed E-state index contributed by atoms with van der Waals surface area (Å²) in [6, 6.07) is 27.0. The molecule has 4 nitrogen and oxygen atoms in total. The number of para-hydroxylation sites is 2. The maximum atomic E-state index is 13.7. The normalized spacial score (nSPS) is 13.8. The summed E-state index contributed by atoms with van der Waals surface area (Å²) in [5.41, 5.74) is 8.79. The zero-order valence-corrected chi connectivity index (χ0v) is 24.1. The molecule has 1 aliphatic rings. The van der Waals surface area contributed by atoms with E-state index in [0.717, 1.165) is 47.6 Å². The third kappa shape index (κ3) is 5.39. The third-order valence-corrected chi connectivity index (χ3v) is 9.13. The van der Waals surface area contributed by atoms with E-state index in [1.807, 2.05) is 36.5 Å². The summed E-state index contributed by atoms with van der Waals surface area (Å²) in [6.07, 6.45) is 8.70. The molecule has 0 fully saturated rings. The lowest BCUT2D eigenvalue weighted by Crippen LogP contribution is -2.14. The van der Waals surface area contributed by atoms with Gasteiger partial charge in [0.25, 0.3) is 5.91 Å². The predicted molar refractivity (Wildman–Crippen MR) is 169 cm³/mol. The Morgan fingerprint density at radius 3 is 2.52 bits per heavy atom. The molecule has 0 bridgehead atoms. The fraction of sp³-hybridized carbons (Fsp3) is 0.257. The van der Waals surface area contributed by atoms with Crippen LogP contribution in [0.1, 0.15) is 68.9 Å². The standard InChI is InChI=1S/C35H35N3OS/c1-24-13-12-14-26(21-24)23-38-25(2)30(28-17-10-11-19-31(28)38)22-36-35-33(34(39)37-27-15-6-5-7-16-27)29-18-8-3-4-9-20-32(29)40-35/h5-7,10-17,19,21-22H,3-4,8-9,18,20,23H2,1-2H3,(H,37,39). The number of anilines is 1. The van der Waals surface area contributed by atoms with Crippen molar-refractivity contribution < 1.29 is 4.79 Å². The zero-order chi connectivity index (χ0) is 27.5. The molecule has 0 spiro atoms. The van der Waals surface area contributed by atoms with Crippen molar-refractivity contribution in [2.24, 2.45) is 4.99 Å². The fourth-order valence-electron chi connectivity index (χ4n) is 5.89.